The van der Waals surface area contributed by atoms with Crippen molar-refractivity contribution in [3.63, 3.8) is 0 Å². The van der Waals surface area contributed by atoms with E-state index in [4.69, 9.17) is 11.6 Å². The molecule has 8 heteroatoms. The Kier molecular flexibility index (Phi) is 4.46. The number of hydrogen-bond donors (Lipinski definition) is 1. The van der Waals surface area contributed by atoms with E-state index in [2.05, 4.69) is 9.97 Å². The monoisotopic (exact) mass is 393 g/mol. The molecule has 1 saturated heterocycles. The third-order valence-electron chi connectivity index (χ3n) is 4.78. The molecule has 0 atom stereocenters. The predicted octanol–water partition coefficient (Wildman–Crippen LogP) is 3.92. The molecular weight excluding hydrogens is 377 g/mol. The van der Waals surface area contributed by atoms with Gasteiger partial charge in [-0.1, -0.05) is 23.7 Å². The van der Waals surface area contributed by atoms with Crippen LogP contribution in [-0.2, 0) is 10.0 Å². The van der Waals surface area contributed by atoms with Gasteiger partial charge < -0.3 is 4.98 Å². The minimum absolute atomic E-state index is 0.0195. The second-order valence-electron chi connectivity index (χ2n) is 6.39. The van der Waals surface area contributed by atoms with Crippen LogP contribution < -0.4 is 0 Å². The van der Waals surface area contributed by atoms with Crippen molar-refractivity contribution in [1.82, 2.24) is 14.3 Å². The van der Waals surface area contributed by atoms with Gasteiger partial charge in [-0.2, -0.15) is 4.31 Å². The Morgan fingerprint density at radius 1 is 1.15 bits per heavy atom. The first-order valence-corrected chi connectivity index (χ1v) is 10.2. The third kappa shape index (κ3) is 3.11. The number of hydrogen-bond acceptors (Lipinski definition) is 3. The lowest BCUT2D eigenvalue weighted by atomic mass is 9.97. The van der Waals surface area contributed by atoms with E-state index >= 15 is 0 Å². The van der Waals surface area contributed by atoms with Crippen molar-refractivity contribution in [2.75, 3.05) is 13.1 Å². The van der Waals surface area contributed by atoms with Gasteiger partial charge in [0.15, 0.2) is 0 Å². The summed E-state index contributed by atoms with van der Waals surface area (Å²) in [6, 6.07) is 11.3. The topological polar surface area (TPSA) is 66.1 Å². The van der Waals surface area contributed by atoms with Crippen molar-refractivity contribution in [2.45, 2.75) is 23.7 Å². The number of nitrogens with zero attached hydrogens (tertiary/aromatic N) is 2. The Labute approximate surface area is 155 Å². The van der Waals surface area contributed by atoms with Crippen LogP contribution in [0, 0.1) is 5.82 Å². The summed E-state index contributed by atoms with van der Waals surface area (Å²) in [5.41, 5.74) is 1.90. The van der Waals surface area contributed by atoms with Crippen LogP contribution in [0.15, 0.2) is 47.4 Å². The number of sulfonamides is 1. The molecule has 0 saturated carbocycles. The molecule has 1 aromatic heterocycles. The molecule has 1 aliphatic heterocycles. The fourth-order valence-corrected chi connectivity index (χ4v) is 5.06. The van der Waals surface area contributed by atoms with Gasteiger partial charge in [-0.05, 0) is 43.2 Å². The number of fused-ring (bicyclic) bond motifs is 1. The average molecular weight is 394 g/mol. The summed E-state index contributed by atoms with van der Waals surface area (Å²) >= 11 is 5.73. The highest BCUT2D eigenvalue weighted by atomic mass is 35.5. The number of benzene rings is 2. The first kappa shape index (κ1) is 17.5. The van der Waals surface area contributed by atoms with Crippen LogP contribution in [0.1, 0.15) is 24.6 Å². The average Bonchev–Trinajstić information content (AvgIpc) is 3.08. The predicted molar refractivity (Wildman–Crippen MR) is 98.2 cm³/mol. The Bertz CT molecular complexity index is 1030. The summed E-state index contributed by atoms with van der Waals surface area (Å²) in [7, 11) is -3.68. The van der Waals surface area contributed by atoms with E-state index in [0.717, 1.165) is 29.0 Å². The maximum atomic E-state index is 13.3. The smallest absolute Gasteiger partial charge is 0.243 e. The molecule has 5 nitrogen and oxygen atoms in total. The fourth-order valence-electron chi connectivity index (χ4n) is 3.32. The van der Waals surface area contributed by atoms with Crippen molar-refractivity contribution >= 4 is 32.7 Å². The lowest BCUT2D eigenvalue weighted by Crippen LogP contribution is -2.38. The van der Waals surface area contributed by atoms with Crippen molar-refractivity contribution in [1.29, 1.82) is 0 Å². The van der Waals surface area contributed by atoms with Crippen LogP contribution in [0.2, 0.25) is 5.02 Å². The van der Waals surface area contributed by atoms with Crippen molar-refractivity contribution < 1.29 is 12.8 Å². The van der Waals surface area contributed by atoms with E-state index in [9.17, 15) is 12.8 Å². The van der Waals surface area contributed by atoms with Gasteiger partial charge in [-0.25, -0.2) is 17.8 Å². The first-order chi connectivity index (χ1) is 12.4. The maximum Gasteiger partial charge on any atom is 0.243 e. The number of halogens is 2. The number of H-pyrrole nitrogens is 1. The fraction of sp³-hybridized carbons (Fsp3) is 0.278. The number of aromatic amines is 1. The van der Waals surface area contributed by atoms with E-state index in [1.165, 1.54) is 10.4 Å². The Morgan fingerprint density at radius 2 is 1.88 bits per heavy atom. The molecule has 0 aliphatic carbocycles. The van der Waals surface area contributed by atoms with E-state index in [1.54, 1.807) is 0 Å². The van der Waals surface area contributed by atoms with Crippen LogP contribution >= 0.6 is 11.6 Å². The molecule has 1 fully saturated rings. The van der Waals surface area contributed by atoms with Gasteiger partial charge >= 0.3 is 0 Å². The summed E-state index contributed by atoms with van der Waals surface area (Å²) < 4.78 is 40.2. The van der Waals surface area contributed by atoms with Gasteiger partial charge in [0.25, 0.3) is 0 Å². The van der Waals surface area contributed by atoms with Crippen LogP contribution in [0.5, 0.6) is 0 Å². The van der Waals surface area contributed by atoms with Gasteiger partial charge in [-0.15, -0.1) is 0 Å². The van der Waals surface area contributed by atoms with Crippen LogP contribution in [0.4, 0.5) is 4.39 Å². The number of para-hydroxylation sites is 2. The molecule has 0 spiro atoms. The summed E-state index contributed by atoms with van der Waals surface area (Å²) in [6.07, 6.45) is 1.35. The highest BCUT2D eigenvalue weighted by molar-refractivity contribution is 7.89. The Hall–Kier alpha value is -1.96. The van der Waals surface area contributed by atoms with Crippen molar-refractivity contribution in [2.24, 2.45) is 0 Å². The van der Waals surface area contributed by atoms with Crippen molar-refractivity contribution in [3.05, 3.63) is 59.1 Å². The number of piperidine rings is 1. The second kappa shape index (κ2) is 6.64. The molecule has 0 unspecified atom stereocenters. The van der Waals surface area contributed by atoms with Gasteiger partial charge in [0.05, 0.1) is 21.0 Å². The van der Waals surface area contributed by atoms with E-state index in [0.29, 0.717) is 25.9 Å². The molecule has 26 heavy (non-hydrogen) atoms. The second-order valence-corrected chi connectivity index (χ2v) is 8.74. The largest absolute Gasteiger partial charge is 0.342 e. The molecule has 2 heterocycles. The molecule has 2 aromatic carbocycles. The van der Waals surface area contributed by atoms with Crippen LogP contribution in [0.25, 0.3) is 11.0 Å². The van der Waals surface area contributed by atoms with Gasteiger partial charge in [0.1, 0.15) is 11.6 Å². The molecule has 0 bridgehead atoms. The maximum absolute atomic E-state index is 13.3. The van der Waals surface area contributed by atoms with Gasteiger partial charge in [0.2, 0.25) is 10.0 Å². The standard InChI is InChI=1S/C18H17ClFN3O2S/c19-14-11-13(5-6-15(14)20)26(24,25)23-9-7-12(8-10-23)18-21-16-3-1-2-4-17(16)22-18/h1-6,11-12H,7-10H2,(H,21,22). The normalized spacial score (nSPS) is 17.0. The molecule has 0 amide bonds. The summed E-state index contributed by atoms with van der Waals surface area (Å²) in [6.45, 7) is 0.776. The lowest BCUT2D eigenvalue weighted by molar-refractivity contribution is 0.314. The van der Waals surface area contributed by atoms with E-state index in [1.807, 2.05) is 24.3 Å². The Balaban J connectivity index is 1.51. The zero-order chi connectivity index (χ0) is 18.3. The molecule has 3 aromatic rings. The number of nitrogens with one attached hydrogen (secondary N) is 1. The van der Waals surface area contributed by atoms with Crippen LogP contribution in [0.3, 0.4) is 0 Å². The van der Waals surface area contributed by atoms with Crippen molar-refractivity contribution in [3.8, 4) is 0 Å². The summed E-state index contributed by atoms with van der Waals surface area (Å²) in [4.78, 5) is 7.97. The van der Waals surface area contributed by atoms with Crippen LogP contribution in [-0.4, -0.2) is 35.8 Å². The molecule has 1 aliphatic rings. The SMILES string of the molecule is O=S(=O)(c1ccc(F)c(Cl)c1)N1CCC(c2nc3ccccc3[nH]2)CC1. The first-order valence-electron chi connectivity index (χ1n) is 8.35. The molecule has 0 radical (unpaired) electrons. The van der Waals surface area contributed by atoms with E-state index in [-0.39, 0.29) is 15.8 Å². The zero-order valence-corrected chi connectivity index (χ0v) is 15.4. The number of aromatic nitrogens is 2. The minimum Gasteiger partial charge on any atom is -0.342 e. The zero-order valence-electron chi connectivity index (χ0n) is 13.8. The van der Waals surface area contributed by atoms with Gasteiger partial charge in [-0.3, -0.25) is 0 Å². The molecule has 4 rings (SSSR count). The number of rotatable bonds is 3. The molecular formula is C18H17ClFN3O2S. The third-order valence-corrected chi connectivity index (χ3v) is 6.96. The number of imidazole rings is 1. The van der Waals surface area contributed by atoms with Gasteiger partial charge in [0, 0.05) is 19.0 Å². The highest BCUT2D eigenvalue weighted by Gasteiger charge is 2.31. The Morgan fingerprint density at radius 3 is 2.58 bits per heavy atom. The quantitative estimate of drug-likeness (QED) is 0.733. The molecule has 1 N–H and O–H groups in total. The molecule has 136 valence electrons. The summed E-state index contributed by atoms with van der Waals surface area (Å²) in [5.74, 6) is 0.452. The lowest BCUT2D eigenvalue weighted by Gasteiger charge is -2.30. The summed E-state index contributed by atoms with van der Waals surface area (Å²) in [5, 5.41) is -0.191. The minimum atomic E-state index is -3.68. The highest BCUT2D eigenvalue weighted by Crippen LogP contribution is 2.31. The van der Waals surface area contributed by atoms with E-state index < -0.39 is 15.8 Å².